The van der Waals surface area contributed by atoms with Gasteiger partial charge in [0, 0.05) is 23.6 Å². The maximum Gasteiger partial charge on any atom is 0.503 e. The molecular formula is C20H24F3N5O3. The van der Waals surface area contributed by atoms with Crippen molar-refractivity contribution in [2.75, 3.05) is 5.73 Å². The Morgan fingerprint density at radius 2 is 1.77 bits per heavy atom. The number of carbonyl (C=O) groups is 1. The second kappa shape index (κ2) is 9.83. The summed E-state index contributed by atoms with van der Waals surface area (Å²) in [5.41, 5.74) is 15.6. The molecule has 0 radical (unpaired) electrons. The Bertz CT molecular complexity index is 1100. The fourth-order valence-electron chi connectivity index (χ4n) is 2.77. The standard InChI is InChI=1S/C18H18F3N5O3.C2H6/c1-8-3-4-13(27)9(2)14(8)26-15(23)12(16(24)28)5-11(17(26)29)10(6-22)7-25-18(19,20)21;1-2/h3-7,27H,22-23H2,1-2H3,(H2,24,28);1-2H3/b10-6+,25-7+;. The number of rotatable bonds is 4. The number of anilines is 1. The molecular weight excluding hydrogens is 415 g/mol. The number of halogens is 3. The van der Waals surface area contributed by atoms with E-state index in [1.807, 2.05) is 13.8 Å². The van der Waals surface area contributed by atoms with E-state index in [1.54, 1.807) is 6.92 Å². The number of aryl methyl sites for hydroxylation is 1. The molecule has 0 bridgehead atoms. The van der Waals surface area contributed by atoms with Gasteiger partial charge in [-0.2, -0.15) is 4.99 Å². The third-order valence-corrected chi connectivity index (χ3v) is 4.17. The van der Waals surface area contributed by atoms with Crippen LogP contribution < -0.4 is 22.8 Å². The van der Waals surface area contributed by atoms with E-state index in [4.69, 9.17) is 17.2 Å². The van der Waals surface area contributed by atoms with E-state index in [1.165, 1.54) is 19.1 Å². The molecule has 0 aliphatic carbocycles. The molecule has 0 aliphatic heterocycles. The first-order valence-electron chi connectivity index (χ1n) is 9.08. The van der Waals surface area contributed by atoms with Crippen LogP contribution in [0.25, 0.3) is 11.3 Å². The summed E-state index contributed by atoms with van der Waals surface area (Å²) >= 11 is 0. The van der Waals surface area contributed by atoms with Crippen LogP contribution in [0, 0.1) is 13.8 Å². The van der Waals surface area contributed by atoms with E-state index in [-0.39, 0.29) is 33.9 Å². The first-order valence-corrected chi connectivity index (χ1v) is 9.08. The minimum Gasteiger partial charge on any atom is -0.508 e. The predicted molar refractivity (Wildman–Crippen MR) is 114 cm³/mol. The van der Waals surface area contributed by atoms with Gasteiger partial charge in [-0.1, -0.05) is 19.9 Å². The average molecular weight is 439 g/mol. The van der Waals surface area contributed by atoms with Crippen LogP contribution in [0.15, 0.2) is 34.2 Å². The Morgan fingerprint density at radius 3 is 2.26 bits per heavy atom. The number of pyridine rings is 1. The van der Waals surface area contributed by atoms with Crippen molar-refractivity contribution in [2.24, 2.45) is 16.5 Å². The fraction of sp³-hybridized carbons (Fsp3) is 0.250. The number of carbonyl (C=O) groups excluding carboxylic acids is 1. The molecule has 2 rings (SSSR count). The van der Waals surface area contributed by atoms with E-state index in [2.05, 4.69) is 4.99 Å². The van der Waals surface area contributed by atoms with E-state index in [9.17, 15) is 27.9 Å². The predicted octanol–water partition coefficient (Wildman–Crippen LogP) is 2.76. The fourth-order valence-corrected chi connectivity index (χ4v) is 2.77. The van der Waals surface area contributed by atoms with E-state index >= 15 is 0 Å². The number of hydrogen-bond acceptors (Lipinski definition) is 6. The van der Waals surface area contributed by atoms with Crippen molar-refractivity contribution in [3.8, 4) is 11.4 Å². The number of alkyl halides is 3. The highest BCUT2D eigenvalue weighted by molar-refractivity contribution is 6.10. The highest BCUT2D eigenvalue weighted by Crippen LogP contribution is 2.29. The zero-order chi connectivity index (χ0) is 24.1. The van der Waals surface area contributed by atoms with Crippen LogP contribution in [0.4, 0.5) is 19.0 Å². The van der Waals surface area contributed by atoms with Crippen molar-refractivity contribution >= 4 is 23.5 Å². The molecule has 0 saturated heterocycles. The number of nitrogens with two attached hydrogens (primary N) is 3. The summed E-state index contributed by atoms with van der Waals surface area (Å²) in [6, 6.07) is 3.85. The quantitative estimate of drug-likeness (QED) is 0.427. The molecule has 1 heterocycles. The third kappa shape index (κ3) is 5.44. The Morgan fingerprint density at radius 1 is 1.19 bits per heavy atom. The molecule has 0 unspecified atom stereocenters. The van der Waals surface area contributed by atoms with Gasteiger partial charge >= 0.3 is 6.30 Å². The van der Waals surface area contributed by atoms with Gasteiger partial charge in [0.15, 0.2) is 0 Å². The topological polar surface area (TPSA) is 150 Å². The molecule has 0 fully saturated rings. The van der Waals surface area contributed by atoms with Crippen LogP contribution >= 0.6 is 0 Å². The molecule has 0 spiro atoms. The van der Waals surface area contributed by atoms with Crippen LogP contribution in [0.2, 0.25) is 0 Å². The largest absolute Gasteiger partial charge is 0.508 e. The minimum atomic E-state index is -4.90. The number of allylic oxidation sites excluding steroid dienone is 1. The van der Waals surface area contributed by atoms with Gasteiger partial charge < -0.3 is 22.3 Å². The van der Waals surface area contributed by atoms with Gasteiger partial charge in [-0.25, -0.2) is 0 Å². The lowest BCUT2D eigenvalue weighted by atomic mass is 10.0. The van der Waals surface area contributed by atoms with Crippen molar-refractivity contribution in [3.63, 3.8) is 0 Å². The molecule has 0 atom stereocenters. The maximum absolute atomic E-state index is 13.1. The normalized spacial score (nSPS) is 11.9. The number of nitrogen functional groups attached to an aromatic ring is 1. The first-order chi connectivity index (χ1) is 14.4. The van der Waals surface area contributed by atoms with Crippen LogP contribution in [-0.2, 0) is 0 Å². The number of phenolic OH excluding ortho intramolecular Hbond substituents is 1. The van der Waals surface area contributed by atoms with Gasteiger partial charge in [-0.3, -0.25) is 14.2 Å². The molecule has 0 aliphatic rings. The SMILES string of the molecule is CC.Cc1ccc(O)c(C)c1-n1c(N)c(C(N)=O)cc(C(=C/N)/C=N/C(F)(F)F)c1=O. The molecule has 1 amide bonds. The number of hydrogen-bond donors (Lipinski definition) is 4. The van der Waals surface area contributed by atoms with Gasteiger partial charge in [0.25, 0.3) is 11.5 Å². The highest BCUT2D eigenvalue weighted by Gasteiger charge is 2.26. The number of phenols is 1. The van der Waals surface area contributed by atoms with Crippen molar-refractivity contribution < 1.29 is 23.1 Å². The summed E-state index contributed by atoms with van der Waals surface area (Å²) in [6.07, 6.45) is -3.81. The Labute approximate surface area is 176 Å². The number of benzene rings is 1. The van der Waals surface area contributed by atoms with Crippen molar-refractivity contribution in [1.82, 2.24) is 4.57 Å². The number of aliphatic imine (C=N–C) groups is 1. The highest BCUT2D eigenvalue weighted by atomic mass is 19.4. The van der Waals surface area contributed by atoms with E-state index in [0.29, 0.717) is 11.8 Å². The molecule has 2 aromatic rings. The number of aromatic nitrogens is 1. The van der Waals surface area contributed by atoms with Gasteiger partial charge in [0.1, 0.15) is 11.6 Å². The van der Waals surface area contributed by atoms with E-state index in [0.717, 1.165) is 16.8 Å². The monoisotopic (exact) mass is 439 g/mol. The van der Waals surface area contributed by atoms with Crippen LogP contribution in [0.1, 0.15) is 40.9 Å². The van der Waals surface area contributed by atoms with Gasteiger partial charge in [0.05, 0.1) is 16.8 Å². The summed E-state index contributed by atoms with van der Waals surface area (Å²) < 4.78 is 38.3. The summed E-state index contributed by atoms with van der Waals surface area (Å²) in [6.45, 7) is 7.13. The molecule has 11 heteroatoms. The molecule has 31 heavy (non-hydrogen) atoms. The lowest BCUT2D eigenvalue weighted by Gasteiger charge is -2.19. The molecule has 1 aromatic heterocycles. The van der Waals surface area contributed by atoms with Crippen molar-refractivity contribution in [3.05, 3.63) is 57.0 Å². The lowest BCUT2D eigenvalue weighted by molar-refractivity contribution is -0.118. The third-order valence-electron chi connectivity index (χ3n) is 4.17. The molecule has 1 aromatic carbocycles. The second-order valence-corrected chi connectivity index (χ2v) is 6.08. The summed E-state index contributed by atoms with van der Waals surface area (Å²) in [5, 5.41) is 10.0. The van der Waals surface area contributed by atoms with Gasteiger partial charge in [-0.05, 0) is 31.5 Å². The lowest BCUT2D eigenvalue weighted by Crippen LogP contribution is -2.30. The van der Waals surface area contributed by atoms with Gasteiger partial charge in [-0.15, -0.1) is 13.2 Å². The van der Waals surface area contributed by atoms with Gasteiger partial charge in [0.2, 0.25) is 0 Å². The average Bonchev–Trinajstić information content (AvgIpc) is 2.69. The molecule has 7 N–H and O–H groups in total. The Hall–Kier alpha value is -3.76. The zero-order valence-corrected chi connectivity index (χ0v) is 17.4. The zero-order valence-electron chi connectivity index (χ0n) is 17.4. The molecule has 168 valence electrons. The number of primary amides is 1. The number of nitrogens with zero attached hydrogens (tertiary/aromatic N) is 2. The Kier molecular flexibility index (Phi) is 8.01. The smallest absolute Gasteiger partial charge is 0.503 e. The first kappa shape index (κ1) is 25.3. The summed E-state index contributed by atoms with van der Waals surface area (Å²) in [4.78, 5) is 27.3. The maximum atomic E-state index is 13.1. The van der Waals surface area contributed by atoms with Crippen molar-refractivity contribution in [1.29, 1.82) is 0 Å². The molecule has 8 nitrogen and oxygen atoms in total. The molecule has 0 saturated carbocycles. The van der Waals surface area contributed by atoms with Crippen LogP contribution in [0.3, 0.4) is 0 Å². The number of amides is 1. The number of aromatic hydroxyl groups is 1. The van der Waals surface area contributed by atoms with Crippen LogP contribution in [-0.4, -0.2) is 28.1 Å². The summed E-state index contributed by atoms with van der Waals surface area (Å²) in [7, 11) is 0. The van der Waals surface area contributed by atoms with E-state index < -0.39 is 23.3 Å². The van der Waals surface area contributed by atoms with Crippen LogP contribution in [0.5, 0.6) is 5.75 Å². The second-order valence-electron chi connectivity index (χ2n) is 6.08. The van der Waals surface area contributed by atoms with Crippen molar-refractivity contribution in [2.45, 2.75) is 34.0 Å². The summed E-state index contributed by atoms with van der Waals surface area (Å²) in [5.74, 6) is -1.51. The Balaban J connectivity index is 0.00000233. The minimum absolute atomic E-state index is 0.154.